The van der Waals surface area contributed by atoms with E-state index in [4.69, 9.17) is 4.74 Å². The molecule has 0 aromatic heterocycles. The third kappa shape index (κ3) is 4.31. The molecule has 2 heteroatoms. The van der Waals surface area contributed by atoms with Crippen molar-refractivity contribution in [1.29, 1.82) is 0 Å². The van der Waals surface area contributed by atoms with Crippen LogP contribution in [0.15, 0.2) is 18.2 Å². The van der Waals surface area contributed by atoms with Crippen LogP contribution in [0, 0.1) is 13.8 Å². The molecular weight excluding hydrogens is 258 g/mol. The van der Waals surface area contributed by atoms with Crippen LogP contribution in [-0.2, 0) is 4.74 Å². The Morgan fingerprint density at radius 3 is 2.19 bits per heavy atom. The minimum atomic E-state index is -0.119. The average molecular weight is 291 g/mol. The summed E-state index contributed by atoms with van der Waals surface area (Å²) < 4.78 is 6.25. The highest BCUT2D eigenvalue weighted by molar-refractivity contribution is 5.33. The molecule has 0 saturated carbocycles. The number of nitrogens with one attached hydrogen (secondary N) is 1. The zero-order chi connectivity index (χ0) is 15.9. The Bertz CT molecular complexity index is 424. The fraction of sp³-hybridized carbons (Fsp3) is 0.684. The van der Waals surface area contributed by atoms with E-state index in [2.05, 4.69) is 65.1 Å². The monoisotopic (exact) mass is 291 g/mol. The van der Waals surface area contributed by atoms with E-state index < -0.39 is 0 Å². The van der Waals surface area contributed by atoms with Crippen LogP contribution in [0.25, 0.3) is 0 Å². The highest BCUT2D eigenvalue weighted by Gasteiger charge is 2.37. The van der Waals surface area contributed by atoms with E-state index in [9.17, 15) is 0 Å². The first-order valence-corrected chi connectivity index (χ1v) is 8.49. The molecule has 0 fully saturated rings. The molecule has 0 aliphatic rings. The van der Waals surface area contributed by atoms with Crippen LogP contribution in [0.1, 0.15) is 69.7 Å². The van der Waals surface area contributed by atoms with Crippen molar-refractivity contribution >= 4 is 0 Å². The predicted molar refractivity (Wildman–Crippen MR) is 91.9 cm³/mol. The average Bonchev–Trinajstić information content (AvgIpc) is 2.49. The van der Waals surface area contributed by atoms with Gasteiger partial charge in [-0.15, -0.1) is 0 Å². The van der Waals surface area contributed by atoms with Crippen LogP contribution in [0.4, 0.5) is 0 Å². The third-order valence-electron chi connectivity index (χ3n) is 4.62. The molecule has 0 spiro atoms. The molecule has 1 aromatic rings. The van der Waals surface area contributed by atoms with Crippen molar-refractivity contribution in [2.75, 3.05) is 13.2 Å². The number of hydrogen-bond acceptors (Lipinski definition) is 2. The molecule has 120 valence electrons. The Balaban J connectivity index is 3.21. The molecule has 21 heavy (non-hydrogen) atoms. The zero-order valence-corrected chi connectivity index (χ0v) is 14.8. The summed E-state index contributed by atoms with van der Waals surface area (Å²) in [6, 6.07) is 7.07. The van der Waals surface area contributed by atoms with E-state index in [1.165, 1.54) is 16.7 Å². The van der Waals surface area contributed by atoms with Gasteiger partial charge in [0.25, 0.3) is 0 Å². The molecule has 2 nitrogen and oxygen atoms in total. The summed E-state index contributed by atoms with van der Waals surface area (Å²) >= 11 is 0. The topological polar surface area (TPSA) is 21.3 Å². The number of ether oxygens (including phenoxy) is 1. The number of benzene rings is 1. The summed E-state index contributed by atoms with van der Waals surface area (Å²) in [6.45, 7) is 14.9. The van der Waals surface area contributed by atoms with Gasteiger partial charge in [-0.25, -0.2) is 0 Å². The molecule has 1 atom stereocenters. The van der Waals surface area contributed by atoms with Gasteiger partial charge in [0.1, 0.15) is 0 Å². The van der Waals surface area contributed by atoms with Crippen LogP contribution in [0.5, 0.6) is 0 Å². The zero-order valence-electron chi connectivity index (χ0n) is 14.8. The van der Waals surface area contributed by atoms with E-state index in [-0.39, 0.29) is 11.6 Å². The molecule has 1 N–H and O–H groups in total. The molecule has 0 heterocycles. The van der Waals surface area contributed by atoms with Gasteiger partial charge in [0.2, 0.25) is 0 Å². The normalized spacial score (nSPS) is 13.4. The van der Waals surface area contributed by atoms with E-state index in [0.717, 1.165) is 32.4 Å². The Morgan fingerprint density at radius 1 is 1.05 bits per heavy atom. The molecule has 1 rings (SSSR count). The largest absolute Gasteiger partial charge is 0.373 e. The van der Waals surface area contributed by atoms with Crippen molar-refractivity contribution in [3.05, 3.63) is 34.9 Å². The summed E-state index contributed by atoms with van der Waals surface area (Å²) in [5, 5.41) is 3.73. The lowest BCUT2D eigenvalue weighted by atomic mass is 9.82. The Kier molecular flexibility index (Phi) is 7.41. The van der Waals surface area contributed by atoms with Crippen molar-refractivity contribution in [2.45, 2.75) is 72.4 Å². The standard InChI is InChI=1S/C19H33NO/c1-7-13-20-18(19(8-2,9-3)21-10-4)17-12-11-15(5)16(6)14-17/h11-12,14,18,20H,7-10,13H2,1-6H3. The second-order valence-corrected chi connectivity index (χ2v) is 5.94. The van der Waals surface area contributed by atoms with E-state index in [1.807, 2.05) is 0 Å². The Morgan fingerprint density at radius 2 is 1.71 bits per heavy atom. The van der Waals surface area contributed by atoms with Gasteiger partial charge in [-0.2, -0.15) is 0 Å². The fourth-order valence-electron chi connectivity index (χ4n) is 3.07. The number of rotatable bonds is 9. The van der Waals surface area contributed by atoms with Gasteiger partial charge in [0, 0.05) is 6.61 Å². The molecule has 0 radical (unpaired) electrons. The second kappa shape index (κ2) is 8.55. The highest BCUT2D eigenvalue weighted by atomic mass is 16.5. The lowest BCUT2D eigenvalue weighted by Gasteiger charge is -2.40. The SMILES string of the molecule is CCCNC(c1ccc(C)c(C)c1)C(CC)(CC)OCC. The first-order valence-electron chi connectivity index (χ1n) is 8.49. The van der Waals surface area contributed by atoms with Crippen LogP contribution >= 0.6 is 0 Å². The van der Waals surface area contributed by atoms with Gasteiger partial charge in [-0.3, -0.25) is 0 Å². The van der Waals surface area contributed by atoms with Crippen molar-refractivity contribution in [3.63, 3.8) is 0 Å². The smallest absolute Gasteiger partial charge is 0.0870 e. The number of aryl methyl sites for hydroxylation is 2. The van der Waals surface area contributed by atoms with E-state index >= 15 is 0 Å². The number of hydrogen-bond donors (Lipinski definition) is 1. The molecule has 0 saturated heterocycles. The van der Waals surface area contributed by atoms with E-state index in [0.29, 0.717) is 0 Å². The van der Waals surface area contributed by atoms with Crippen LogP contribution in [0.2, 0.25) is 0 Å². The molecule has 0 aliphatic heterocycles. The Labute approximate surface area is 131 Å². The first kappa shape index (κ1) is 18.2. The fourth-order valence-corrected chi connectivity index (χ4v) is 3.07. The molecule has 0 bridgehead atoms. The maximum atomic E-state index is 6.25. The molecule has 0 amide bonds. The molecule has 0 aliphatic carbocycles. The maximum absolute atomic E-state index is 6.25. The van der Waals surface area contributed by atoms with Gasteiger partial charge >= 0.3 is 0 Å². The van der Waals surface area contributed by atoms with Crippen molar-refractivity contribution in [2.24, 2.45) is 0 Å². The van der Waals surface area contributed by atoms with Gasteiger partial charge in [0.15, 0.2) is 0 Å². The maximum Gasteiger partial charge on any atom is 0.0870 e. The molecule has 1 aromatic carbocycles. The van der Waals surface area contributed by atoms with Crippen molar-refractivity contribution in [1.82, 2.24) is 5.32 Å². The summed E-state index contributed by atoms with van der Waals surface area (Å²) in [5.74, 6) is 0. The summed E-state index contributed by atoms with van der Waals surface area (Å²) in [6.07, 6.45) is 3.17. The van der Waals surface area contributed by atoms with Gasteiger partial charge in [-0.1, -0.05) is 39.0 Å². The summed E-state index contributed by atoms with van der Waals surface area (Å²) in [4.78, 5) is 0. The van der Waals surface area contributed by atoms with Crippen LogP contribution < -0.4 is 5.32 Å². The molecular formula is C19H33NO. The van der Waals surface area contributed by atoms with Crippen molar-refractivity contribution < 1.29 is 4.74 Å². The van der Waals surface area contributed by atoms with Gasteiger partial charge in [-0.05, 0) is 63.3 Å². The quantitative estimate of drug-likeness (QED) is 0.696. The highest BCUT2D eigenvalue weighted by Crippen LogP contribution is 2.36. The predicted octanol–water partition coefficient (Wildman–Crippen LogP) is 4.94. The Hall–Kier alpha value is -0.860. The van der Waals surface area contributed by atoms with E-state index in [1.54, 1.807) is 0 Å². The first-order chi connectivity index (χ1) is 10.0. The van der Waals surface area contributed by atoms with Crippen LogP contribution in [0.3, 0.4) is 0 Å². The van der Waals surface area contributed by atoms with Crippen LogP contribution in [-0.4, -0.2) is 18.8 Å². The lowest BCUT2D eigenvalue weighted by molar-refractivity contribution is -0.0732. The minimum Gasteiger partial charge on any atom is -0.373 e. The summed E-state index contributed by atoms with van der Waals surface area (Å²) in [5.41, 5.74) is 3.94. The lowest BCUT2D eigenvalue weighted by Crippen LogP contribution is -2.46. The summed E-state index contributed by atoms with van der Waals surface area (Å²) in [7, 11) is 0. The minimum absolute atomic E-state index is 0.119. The van der Waals surface area contributed by atoms with Gasteiger partial charge in [0.05, 0.1) is 11.6 Å². The van der Waals surface area contributed by atoms with Crippen molar-refractivity contribution in [3.8, 4) is 0 Å². The second-order valence-electron chi connectivity index (χ2n) is 5.94. The third-order valence-corrected chi connectivity index (χ3v) is 4.62. The van der Waals surface area contributed by atoms with Gasteiger partial charge < -0.3 is 10.1 Å². The molecule has 1 unspecified atom stereocenters.